The van der Waals surface area contributed by atoms with Gasteiger partial charge < -0.3 is 16.2 Å². The molecular weight excluding hydrogens is 247 g/mol. The van der Waals surface area contributed by atoms with Gasteiger partial charge >= 0.3 is 0 Å². The second-order valence-corrected chi connectivity index (χ2v) is 4.40. The minimum Gasteiger partial charge on any atom is -0.394 e. The highest BCUT2D eigenvalue weighted by molar-refractivity contribution is 5.90. The lowest BCUT2D eigenvalue weighted by molar-refractivity contribution is 0.268. The van der Waals surface area contributed by atoms with Gasteiger partial charge in [0.1, 0.15) is 11.6 Å². The average molecular weight is 264 g/mol. The zero-order valence-electron chi connectivity index (χ0n) is 10.7. The van der Waals surface area contributed by atoms with Gasteiger partial charge in [0.2, 0.25) is 5.95 Å². The number of nitrogen functional groups attached to an aromatic ring is 1. The first kappa shape index (κ1) is 13.5. The molecule has 0 fully saturated rings. The summed E-state index contributed by atoms with van der Waals surface area (Å²) >= 11 is 0. The second-order valence-electron chi connectivity index (χ2n) is 4.40. The molecule has 1 unspecified atom stereocenters. The number of nitrogens with one attached hydrogen (secondary N) is 1. The van der Waals surface area contributed by atoms with E-state index in [4.69, 9.17) is 5.73 Å². The van der Waals surface area contributed by atoms with Crippen molar-refractivity contribution in [3.63, 3.8) is 0 Å². The first-order chi connectivity index (χ1) is 9.13. The summed E-state index contributed by atoms with van der Waals surface area (Å²) in [5, 5.41) is 13.0. The SMILES string of the molecule is CCCC(CO)Nc1nc(N)nc2ccc(F)cc12. The molecule has 4 N–H and O–H groups in total. The Hall–Kier alpha value is -1.95. The monoisotopic (exact) mass is 264 g/mol. The van der Waals surface area contributed by atoms with E-state index in [9.17, 15) is 9.50 Å². The maximum Gasteiger partial charge on any atom is 0.222 e. The quantitative estimate of drug-likeness (QED) is 0.768. The molecule has 0 aliphatic rings. The van der Waals surface area contributed by atoms with Crippen LogP contribution in [0.5, 0.6) is 0 Å². The number of halogens is 1. The van der Waals surface area contributed by atoms with E-state index >= 15 is 0 Å². The van der Waals surface area contributed by atoms with Gasteiger partial charge in [0.25, 0.3) is 0 Å². The third-order valence-corrected chi connectivity index (χ3v) is 2.87. The molecule has 1 aromatic carbocycles. The first-order valence-electron chi connectivity index (χ1n) is 6.24. The standard InChI is InChI=1S/C13H17FN4O/c1-2-3-9(7-19)16-12-10-6-8(14)4-5-11(10)17-13(15)18-12/h4-6,9,19H,2-3,7H2,1H3,(H3,15,16,17,18). The molecule has 1 aromatic heterocycles. The third-order valence-electron chi connectivity index (χ3n) is 2.87. The van der Waals surface area contributed by atoms with E-state index in [0.717, 1.165) is 12.8 Å². The van der Waals surface area contributed by atoms with Crippen LogP contribution in [0.4, 0.5) is 16.2 Å². The van der Waals surface area contributed by atoms with E-state index in [1.54, 1.807) is 6.07 Å². The van der Waals surface area contributed by atoms with Crippen LogP contribution in [0, 0.1) is 5.82 Å². The van der Waals surface area contributed by atoms with Crippen LogP contribution in [0.15, 0.2) is 18.2 Å². The summed E-state index contributed by atoms with van der Waals surface area (Å²) in [4.78, 5) is 8.14. The lowest BCUT2D eigenvalue weighted by Crippen LogP contribution is -2.24. The van der Waals surface area contributed by atoms with Gasteiger partial charge in [0, 0.05) is 5.39 Å². The number of aliphatic hydroxyl groups is 1. The van der Waals surface area contributed by atoms with E-state index < -0.39 is 0 Å². The number of hydrogen-bond donors (Lipinski definition) is 3. The fourth-order valence-electron chi connectivity index (χ4n) is 1.98. The summed E-state index contributed by atoms with van der Waals surface area (Å²) < 4.78 is 13.3. The van der Waals surface area contributed by atoms with Crippen LogP contribution in [0.3, 0.4) is 0 Å². The Morgan fingerprint density at radius 3 is 2.89 bits per heavy atom. The summed E-state index contributed by atoms with van der Waals surface area (Å²) in [6.45, 7) is 2.00. The lowest BCUT2D eigenvalue weighted by atomic mass is 10.1. The summed E-state index contributed by atoms with van der Waals surface area (Å²) in [6, 6.07) is 4.11. The van der Waals surface area contributed by atoms with Crippen molar-refractivity contribution in [2.75, 3.05) is 17.7 Å². The maximum absolute atomic E-state index is 13.3. The van der Waals surface area contributed by atoms with Crippen molar-refractivity contribution in [2.24, 2.45) is 0 Å². The number of aromatic nitrogens is 2. The summed E-state index contributed by atoms with van der Waals surface area (Å²) in [5.74, 6) is 0.212. The van der Waals surface area contributed by atoms with Crippen molar-refractivity contribution in [1.29, 1.82) is 0 Å². The van der Waals surface area contributed by atoms with Crippen molar-refractivity contribution in [3.8, 4) is 0 Å². The molecule has 0 radical (unpaired) electrons. The van der Waals surface area contributed by atoms with Gasteiger partial charge in [-0.3, -0.25) is 0 Å². The van der Waals surface area contributed by atoms with E-state index in [1.807, 2.05) is 6.92 Å². The van der Waals surface area contributed by atoms with Crippen molar-refractivity contribution in [3.05, 3.63) is 24.0 Å². The normalized spacial score (nSPS) is 12.6. The summed E-state index contributed by atoms with van der Waals surface area (Å²) in [5.41, 5.74) is 6.21. The van der Waals surface area contributed by atoms with Crippen LogP contribution in [-0.4, -0.2) is 27.7 Å². The number of hydrogen-bond acceptors (Lipinski definition) is 5. The zero-order valence-corrected chi connectivity index (χ0v) is 10.7. The number of benzene rings is 1. The minimum absolute atomic E-state index is 0.0193. The largest absolute Gasteiger partial charge is 0.394 e. The first-order valence-corrected chi connectivity index (χ1v) is 6.24. The van der Waals surface area contributed by atoms with Crippen LogP contribution < -0.4 is 11.1 Å². The van der Waals surface area contributed by atoms with Gasteiger partial charge in [-0.1, -0.05) is 13.3 Å². The molecule has 0 spiro atoms. The number of nitrogens with two attached hydrogens (primary N) is 1. The van der Waals surface area contributed by atoms with E-state index in [2.05, 4.69) is 15.3 Å². The Labute approximate surface area is 110 Å². The molecular formula is C13H17FN4O. The van der Waals surface area contributed by atoms with Crippen LogP contribution in [0.1, 0.15) is 19.8 Å². The topological polar surface area (TPSA) is 84.1 Å². The molecule has 0 aliphatic carbocycles. The van der Waals surface area contributed by atoms with E-state index in [0.29, 0.717) is 16.7 Å². The maximum atomic E-state index is 13.3. The predicted octanol–water partition coefficient (Wildman–Crippen LogP) is 1.92. The van der Waals surface area contributed by atoms with Gasteiger partial charge in [-0.15, -0.1) is 0 Å². The molecule has 0 aliphatic heterocycles. The number of fused-ring (bicyclic) bond motifs is 1. The Balaban J connectivity index is 2.43. The molecule has 1 atom stereocenters. The van der Waals surface area contributed by atoms with Gasteiger partial charge in [-0.25, -0.2) is 9.37 Å². The van der Waals surface area contributed by atoms with Gasteiger partial charge in [-0.05, 0) is 24.6 Å². The summed E-state index contributed by atoms with van der Waals surface area (Å²) in [7, 11) is 0. The van der Waals surface area contributed by atoms with Gasteiger partial charge in [-0.2, -0.15) is 4.98 Å². The highest BCUT2D eigenvalue weighted by atomic mass is 19.1. The molecule has 2 rings (SSSR count). The Morgan fingerprint density at radius 2 is 2.21 bits per heavy atom. The van der Waals surface area contributed by atoms with Crippen molar-refractivity contribution in [1.82, 2.24) is 9.97 Å². The molecule has 0 amide bonds. The molecule has 0 saturated carbocycles. The Kier molecular flexibility index (Phi) is 4.11. The van der Waals surface area contributed by atoms with Crippen LogP contribution in [-0.2, 0) is 0 Å². The zero-order chi connectivity index (χ0) is 13.8. The predicted molar refractivity (Wildman–Crippen MR) is 73.3 cm³/mol. The smallest absolute Gasteiger partial charge is 0.222 e. The lowest BCUT2D eigenvalue weighted by Gasteiger charge is -2.17. The molecule has 19 heavy (non-hydrogen) atoms. The number of rotatable bonds is 5. The Bertz CT molecular complexity index is 576. The highest BCUT2D eigenvalue weighted by Gasteiger charge is 2.12. The van der Waals surface area contributed by atoms with Crippen molar-refractivity contribution in [2.45, 2.75) is 25.8 Å². The summed E-state index contributed by atoms with van der Waals surface area (Å²) in [6.07, 6.45) is 1.71. The molecule has 5 nitrogen and oxygen atoms in total. The van der Waals surface area contributed by atoms with Gasteiger partial charge in [0.05, 0.1) is 18.2 Å². The van der Waals surface area contributed by atoms with Crippen molar-refractivity contribution >= 4 is 22.7 Å². The molecule has 0 saturated heterocycles. The molecule has 0 bridgehead atoms. The Morgan fingerprint density at radius 1 is 1.42 bits per heavy atom. The van der Waals surface area contributed by atoms with Crippen LogP contribution in [0.2, 0.25) is 0 Å². The molecule has 6 heteroatoms. The fourth-order valence-corrected chi connectivity index (χ4v) is 1.98. The van der Waals surface area contributed by atoms with E-state index in [1.165, 1.54) is 12.1 Å². The average Bonchev–Trinajstić information content (AvgIpc) is 2.39. The number of aliphatic hydroxyl groups excluding tert-OH is 1. The van der Waals surface area contributed by atoms with Crippen LogP contribution >= 0.6 is 0 Å². The highest BCUT2D eigenvalue weighted by Crippen LogP contribution is 2.23. The van der Waals surface area contributed by atoms with Crippen molar-refractivity contribution < 1.29 is 9.50 Å². The molecule has 102 valence electrons. The van der Waals surface area contributed by atoms with E-state index in [-0.39, 0.29) is 24.4 Å². The second kappa shape index (κ2) is 5.79. The fraction of sp³-hybridized carbons (Fsp3) is 0.385. The molecule has 2 aromatic rings. The van der Waals surface area contributed by atoms with Gasteiger partial charge in [0.15, 0.2) is 0 Å². The third kappa shape index (κ3) is 3.08. The van der Waals surface area contributed by atoms with Crippen LogP contribution in [0.25, 0.3) is 10.9 Å². The number of nitrogens with zero attached hydrogens (tertiary/aromatic N) is 2. The number of anilines is 2. The minimum atomic E-state index is -0.361. The molecule has 1 heterocycles.